The largest absolute Gasteiger partial charge is 0.416 e. The topological polar surface area (TPSA) is 28.7 Å². The van der Waals surface area contributed by atoms with Crippen molar-refractivity contribution in [1.82, 2.24) is 10.2 Å². The van der Waals surface area contributed by atoms with Gasteiger partial charge < -0.3 is 0 Å². The number of aromatic amines is 1. The van der Waals surface area contributed by atoms with Gasteiger partial charge in [-0.05, 0) is 34.7 Å². The lowest BCUT2D eigenvalue weighted by atomic mass is 10.00. The molecule has 2 aromatic heterocycles. The fourth-order valence-electron chi connectivity index (χ4n) is 3.53. The molecular formula is C21H13F3N2S. The normalized spacial score (nSPS) is 12.9. The minimum absolute atomic E-state index is 0.637. The zero-order valence-electron chi connectivity index (χ0n) is 14.0. The molecule has 1 N–H and O–H groups in total. The Bertz CT molecular complexity index is 1120. The number of nitrogens with one attached hydrogen (secondary N) is 1. The molecule has 27 heavy (non-hydrogen) atoms. The highest BCUT2D eigenvalue weighted by molar-refractivity contribution is 7.10. The van der Waals surface area contributed by atoms with Gasteiger partial charge in [-0.2, -0.15) is 18.3 Å². The number of rotatable bonds is 2. The first-order valence-electron chi connectivity index (χ1n) is 8.43. The molecule has 5 rings (SSSR count). The first-order valence-corrected chi connectivity index (χ1v) is 9.31. The van der Waals surface area contributed by atoms with Gasteiger partial charge in [0.1, 0.15) is 0 Å². The molecule has 0 aliphatic heterocycles. The third kappa shape index (κ3) is 2.68. The lowest BCUT2D eigenvalue weighted by Gasteiger charge is -2.08. The van der Waals surface area contributed by atoms with E-state index in [-0.39, 0.29) is 0 Å². The smallest absolute Gasteiger partial charge is 0.277 e. The maximum absolute atomic E-state index is 12.7. The van der Waals surface area contributed by atoms with E-state index in [1.165, 1.54) is 28.1 Å². The monoisotopic (exact) mass is 382 g/mol. The number of halogens is 3. The Kier molecular flexibility index (Phi) is 3.52. The molecule has 1 aliphatic carbocycles. The number of benzene rings is 2. The zero-order chi connectivity index (χ0) is 18.6. The van der Waals surface area contributed by atoms with Gasteiger partial charge in [-0.25, -0.2) is 0 Å². The van der Waals surface area contributed by atoms with Gasteiger partial charge in [0, 0.05) is 28.0 Å². The summed E-state index contributed by atoms with van der Waals surface area (Å²) in [5, 5.41) is 9.72. The number of nitrogens with zero attached hydrogens (tertiary/aromatic N) is 1. The second-order valence-corrected chi connectivity index (χ2v) is 7.51. The predicted octanol–water partition coefficient (Wildman–Crippen LogP) is 6.40. The summed E-state index contributed by atoms with van der Waals surface area (Å²) >= 11 is 1.75. The van der Waals surface area contributed by atoms with Crippen LogP contribution in [0.1, 0.15) is 16.0 Å². The second kappa shape index (κ2) is 5.82. The van der Waals surface area contributed by atoms with Gasteiger partial charge in [0.05, 0.1) is 17.0 Å². The number of alkyl halides is 3. The SMILES string of the molecule is FC(F)(F)c1ccc(-c2ccc(-c3n[nH]c4c3Cc3sccc3-4)cc2)cc1. The van der Waals surface area contributed by atoms with E-state index < -0.39 is 11.7 Å². The highest BCUT2D eigenvalue weighted by atomic mass is 32.1. The van der Waals surface area contributed by atoms with E-state index in [4.69, 9.17) is 0 Å². The van der Waals surface area contributed by atoms with Crippen LogP contribution in [0.15, 0.2) is 60.0 Å². The summed E-state index contributed by atoms with van der Waals surface area (Å²) in [6, 6.07) is 15.1. The Balaban J connectivity index is 1.45. The number of thiophene rings is 1. The summed E-state index contributed by atoms with van der Waals surface area (Å²) in [4.78, 5) is 1.35. The fraction of sp³-hybridized carbons (Fsp3) is 0.0952. The van der Waals surface area contributed by atoms with Crippen molar-refractivity contribution in [2.24, 2.45) is 0 Å². The van der Waals surface area contributed by atoms with E-state index in [1.54, 1.807) is 11.3 Å². The molecule has 6 heteroatoms. The van der Waals surface area contributed by atoms with E-state index >= 15 is 0 Å². The van der Waals surface area contributed by atoms with Gasteiger partial charge in [-0.3, -0.25) is 5.10 Å². The van der Waals surface area contributed by atoms with Gasteiger partial charge in [0.15, 0.2) is 0 Å². The summed E-state index contributed by atoms with van der Waals surface area (Å²) in [7, 11) is 0. The molecule has 2 nitrogen and oxygen atoms in total. The van der Waals surface area contributed by atoms with E-state index in [0.717, 1.165) is 46.6 Å². The molecule has 0 atom stereocenters. The molecule has 0 fully saturated rings. The number of fused-ring (bicyclic) bond motifs is 3. The predicted molar refractivity (Wildman–Crippen MR) is 101 cm³/mol. The van der Waals surface area contributed by atoms with Crippen LogP contribution in [0.25, 0.3) is 33.6 Å². The van der Waals surface area contributed by atoms with Crippen molar-refractivity contribution in [2.75, 3.05) is 0 Å². The van der Waals surface area contributed by atoms with Crippen LogP contribution in [0.3, 0.4) is 0 Å². The van der Waals surface area contributed by atoms with Crippen molar-refractivity contribution in [3.05, 3.63) is 76.0 Å². The second-order valence-electron chi connectivity index (χ2n) is 6.51. The molecule has 0 bridgehead atoms. The minimum atomic E-state index is -4.31. The fourth-order valence-corrected chi connectivity index (χ4v) is 4.43. The molecule has 134 valence electrons. The number of aromatic nitrogens is 2. The number of hydrogen-bond donors (Lipinski definition) is 1. The van der Waals surface area contributed by atoms with Crippen molar-refractivity contribution < 1.29 is 13.2 Å². The quantitative estimate of drug-likeness (QED) is 0.376. The summed E-state index contributed by atoms with van der Waals surface area (Å²) in [6.45, 7) is 0. The summed E-state index contributed by atoms with van der Waals surface area (Å²) in [5.74, 6) is 0. The first kappa shape index (κ1) is 16.3. The molecule has 2 aromatic carbocycles. The third-order valence-corrected chi connectivity index (χ3v) is 5.84. The van der Waals surface area contributed by atoms with Crippen LogP contribution in [-0.4, -0.2) is 10.2 Å². The van der Waals surface area contributed by atoms with Crippen molar-refractivity contribution in [2.45, 2.75) is 12.6 Å². The molecule has 0 radical (unpaired) electrons. The van der Waals surface area contributed by atoms with Gasteiger partial charge in [-0.15, -0.1) is 11.3 Å². The van der Waals surface area contributed by atoms with Crippen LogP contribution < -0.4 is 0 Å². The Morgan fingerprint density at radius 3 is 2.15 bits per heavy atom. The van der Waals surface area contributed by atoms with Crippen LogP contribution in [0.2, 0.25) is 0 Å². The van der Waals surface area contributed by atoms with E-state index in [1.807, 2.05) is 24.3 Å². The Labute approximate surface area is 157 Å². The standard InChI is InChI=1S/C21H13F3N2S/c22-21(23,24)15-7-5-13(6-8-15)12-1-3-14(4-2-12)19-17-11-18-16(9-10-27-18)20(17)26-25-19/h1-10H,11H2,(H,25,26). The molecule has 4 aromatic rings. The summed E-state index contributed by atoms with van der Waals surface area (Å²) in [6.07, 6.45) is -3.43. The maximum Gasteiger partial charge on any atom is 0.416 e. The van der Waals surface area contributed by atoms with Gasteiger partial charge in [0.25, 0.3) is 0 Å². The lowest BCUT2D eigenvalue weighted by Crippen LogP contribution is -2.03. The Morgan fingerprint density at radius 2 is 1.48 bits per heavy atom. The molecule has 2 heterocycles. The van der Waals surface area contributed by atoms with Crippen LogP contribution in [-0.2, 0) is 12.6 Å². The lowest BCUT2D eigenvalue weighted by molar-refractivity contribution is -0.137. The van der Waals surface area contributed by atoms with Gasteiger partial charge in [0.2, 0.25) is 0 Å². The van der Waals surface area contributed by atoms with Crippen LogP contribution >= 0.6 is 11.3 Å². The van der Waals surface area contributed by atoms with Gasteiger partial charge >= 0.3 is 6.18 Å². The van der Waals surface area contributed by atoms with Crippen molar-refractivity contribution >= 4 is 11.3 Å². The summed E-state index contributed by atoms with van der Waals surface area (Å²) in [5.41, 5.74) is 6.46. The van der Waals surface area contributed by atoms with E-state index in [9.17, 15) is 13.2 Å². The third-order valence-electron chi connectivity index (χ3n) is 4.92. The average Bonchev–Trinajstić information content (AvgIpc) is 3.34. The zero-order valence-corrected chi connectivity index (χ0v) is 14.8. The summed E-state index contributed by atoms with van der Waals surface area (Å²) < 4.78 is 38.1. The highest BCUT2D eigenvalue weighted by Gasteiger charge is 2.30. The Hall–Kier alpha value is -2.86. The number of hydrogen-bond acceptors (Lipinski definition) is 2. The molecule has 0 spiro atoms. The molecule has 0 amide bonds. The molecular weight excluding hydrogens is 369 g/mol. The van der Waals surface area contributed by atoms with Crippen molar-refractivity contribution in [3.8, 4) is 33.6 Å². The Morgan fingerprint density at radius 1 is 0.852 bits per heavy atom. The van der Waals surface area contributed by atoms with E-state index in [0.29, 0.717) is 0 Å². The first-order chi connectivity index (χ1) is 13.0. The number of H-pyrrole nitrogens is 1. The van der Waals surface area contributed by atoms with Gasteiger partial charge in [-0.1, -0.05) is 36.4 Å². The van der Waals surface area contributed by atoms with Crippen LogP contribution in [0.4, 0.5) is 13.2 Å². The van der Waals surface area contributed by atoms with Crippen LogP contribution in [0.5, 0.6) is 0 Å². The molecule has 0 saturated carbocycles. The van der Waals surface area contributed by atoms with E-state index in [2.05, 4.69) is 21.6 Å². The van der Waals surface area contributed by atoms with Crippen molar-refractivity contribution in [1.29, 1.82) is 0 Å². The average molecular weight is 382 g/mol. The molecule has 0 unspecified atom stereocenters. The maximum atomic E-state index is 12.7. The minimum Gasteiger partial charge on any atom is -0.277 e. The highest BCUT2D eigenvalue weighted by Crippen LogP contribution is 2.42. The molecule has 0 saturated heterocycles. The van der Waals surface area contributed by atoms with Crippen LogP contribution in [0, 0.1) is 0 Å². The molecule has 1 aliphatic rings. The van der Waals surface area contributed by atoms with Crippen molar-refractivity contribution in [3.63, 3.8) is 0 Å².